The zero-order chi connectivity index (χ0) is 20.1. The number of ether oxygens (including phenoxy) is 2. The largest absolute Gasteiger partial charge is 0.491 e. The Kier molecular flexibility index (Phi) is 5.89. The van der Waals surface area contributed by atoms with Gasteiger partial charge in [0.05, 0.1) is 17.6 Å². The minimum absolute atomic E-state index is 0.0381. The van der Waals surface area contributed by atoms with E-state index in [-0.39, 0.29) is 18.1 Å². The van der Waals surface area contributed by atoms with Gasteiger partial charge in [-0.2, -0.15) is 5.26 Å². The number of nitrogens with zero attached hydrogens (tertiary/aromatic N) is 2. The van der Waals surface area contributed by atoms with E-state index in [1.54, 1.807) is 17.0 Å². The van der Waals surface area contributed by atoms with Crippen molar-refractivity contribution in [3.63, 3.8) is 0 Å². The summed E-state index contributed by atoms with van der Waals surface area (Å²) in [4.78, 5) is 14.2. The van der Waals surface area contributed by atoms with Crippen molar-refractivity contribution in [3.05, 3.63) is 60.2 Å². The highest BCUT2D eigenvalue weighted by molar-refractivity contribution is 5.71. The fraction of sp³-hybridized carbons (Fsp3) is 0.391. The van der Waals surface area contributed by atoms with Gasteiger partial charge < -0.3 is 14.4 Å². The van der Waals surface area contributed by atoms with E-state index >= 15 is 0 Å². The second-order valence-corrected chi connectivity index (χ2v) is 7.56. The molecule has 1 amide bonds. The van der Waals surface area contributed by atoms with E-state index in [4.69, 9.17) is 9.47 Å². The fourth-order valence-corrected chi connectivity index (χ4v) is 3.73. The molecule has 146 valence electrons. The maximum absolute atomic E-state index is 12.5. The van der Waals surface area contributed by atoms with Gasteiger partial charge in [0.25, 0.3) is 0 Å². The molecule has 0 radical (unpaired) electrons. The summed E-state index contributed by atoms with van der Waals surface area (Å²) in [7, 11) is 0. The average molecular weight is 378 g/mol. The monoisotopic (exact) mass is 378 g/mol. The Morgan fingerprint density at radius 1 is 1.18 bits per heavy atom. The van der Waals surface area contributed by atoms with Crippen molar-refractivity contribution in [2.75, 3.05) is 13.1 Å². The topological polar surface area (TPSA) is 62.6 Å². The van der Waals surface area contributed by atoms with Gasteiger partial charge in [-0.05, 0) is 56.0 Å². The van der Waals surface area contributed by atoms with E-state index in [9.17, 15) is 10.1 Å². The van der Waals surface area contributed by atoms with Crippen LogP contribution in [0, 0.1) is 17.2 Å². The van der Waals surface area contributed by atoms with Crippen LogP contribution in [0.4, 0.5) is 4.79 Å². The number of benzene rings is 2. The lowest BCUT2D eigenvalue weighted by atomic mass is 9.67. The highest BCUT2D eigenvalue weighted by Crippen LogP contribution is 2.40. The van der Waals surface area contributed by atoms with Crippen LogP contribution in [0.15, 0.2) is 54.6 Å². The van der Waals surface area contributed by atoms with Crippen LogP contribution in [0.2, 0.25) is 0 Å². The van der Waals surface area contributed by atoms with Crippen molar-refractivity contribution in [2.45, 2.75) is 38.7 Å². The maximum Gasteiger partial charge on any atom is 0.415 e. The summed E-state index contributed by atoms with van der Waals surface area (Å²) < 4.78 is 11.3. The zero-order valence-corrected chi connectivity index (χ0v) is 16.6. The molecule has 1 fully saturated rings. The Balaban J connectivity index is 1.75. The molecule has 0 aliphatic carbocycles. The SMILES string of the molecule is CC(C)Oc1cccc([C@@]2(C#N)CCN(C(=O)Oc3ccccc3)C[C@@H]2C)c1. The van der Waals surface area contributed by atoms with Crippen molar-refractivity contribution in [3.8, 4) is 17.6 Å². The van der Waals surface area contributed by atoms with E-state index in [0.29, 0.717) is 25.3 Å². The Bertz CT molecular complexity index is 860. The molecule has 0 unspecified atom stereocenters. The van der Waals surface area contributed by atoms with Gasteiger partial charge in [-0.1, -0.05) is 37.3 Å². The second kappa shape index (κ2) is 8.35. The van der Waals surface area contributed by atoms with Crippen molar-refractivity contribution in [2.24, 2.45) is 5.92 Å². The predicted molar refractivity (Wildman–Crippen MR) is 107 cm³/mol. The number of carbonyl (C=O) groups is 1. The number of piperidine rings is 1. The summed E-state index contributed by atoms with van der Waals surface area (Å²) in [5.41, 5.74) is 0.289. The first kappa shape index (κ1) is 19.8. The standard InChI is InChI=1S/C23H26N2O3/c1-17(2)27-21-11-7-8-19(14-21)23(16-24)12-13-25(15-18(23)3)22(26)28-20-9-5-4-6-10-20/h4-11,14,17-18H,12-13,15H2,1-3H3/t18-,23+/m0/s1. The molecule has 1 aliphatic heterocycles. The number of hydrogen-bond acceptors (Lipinski definition) is 4. The molecule has 5 nitrogen and oxygen atoms in total. The summed E-state index contributed by atoms with van der Waals surface area (Å²) in [6, 6.07) is 19.3. The van der Waals surface area contributed by atoms with Gasteiger partial charge in [0, 0.05) is 13.1 Å². The molecule has 0 spiro atoms. The number of para-hydroxylation sites is 1. The molecule has 0 bridgehead atoms. The fourth-order valence-electron chi connectivity index (χ4n) is 3.73. The average Bonchev–Trinajstić information content (AvgIpc) is 2.68. The van der Waals surface area contributed by atoms with Crippen molar-refractivity contribution in [1.29, 1.82) is 5.26 Å². The normalized spacial score (nSPS) is 21.8. The summed E-state index contributed by atoms with van der Waals surface area (Å²) in [6.07, 6.45) is 0.251. The third-order valence-corrected chi connectivity index (χ3v) is 5.24. The van der Waals surface area contributed by atoms with Crippen LogP contribution in [0.1, 0.15) is 32.8 Å². The van der Waals surface area contributed by atoms with E-state index in [0.717, 1.165) is 11.3 Å². The quantitative estimate of drug-likeness (QED) is 0.768. The molecule has 1 aliphatic rings. The van der Waals surface area contributed by atoms with Crippen LogP contribution in [0.25, 0.3) is 0 Å². The van der Waals surface area contributed by atoms with E-state index in [1.807, 2.05) is 63.2 Å². The number of amides is 1. The molecule has 5 heteroatoms. The molecule has 1 saturated heterocycles. The lowest BCUT2D eigenvalue weighted by Crippen LogP contribution is -2.50. The minimum Gasteiger partial charge on any atom is -0.491 e. The molecule has 2 atom stereocenters. The Morgan fingerprint density at radius 2 is 1.89 bits per heavy atom. The summed E-state index contributed by atoms with van der Waals surface area (Å²) in [6.45, 7) is 6.91. The van der Waals surface area contributed by atoms with Crippen LogP contribution < -0.4 is 9.47 Å². The Morgan fingerprint density at radius 3 is 2.54 bits per heavy atom. The van der Waals surface area contributed by atoms with Crippen molar-refractivity contribution < 1.29 is 14.3 Å². The Hall–Kier alpha value is -3.00. The van der Waals surface area contributed by atoms with Gasteiger partial charge in [0.15, 0.2) is 0 Å². The lowest BCUT2D eigenvalue weighted by Gasteiger charge is -2.42. The van der Waals surface area contributed by atoms with Crippen LogP contribution >= 0.6 is 0 Å². The molecule has 2 aromatic carbocycles. The van der Waals surface area contributed by atoms with Crippen LogP contribution in [-0.2, 0) is 5.41 Å². The van der Waals surface area contributed by atoms with Gasteiger partial charge in [-0.15, -0.1) is 0 Å². The highest BCUT2D eigenvalue weighted by Gasteiger charge is 2.44. The minimum atomic E-state index is -0.653. The van der Waals surface area contributed by atoms with Crippen LogP contribution in [0.3, 0.4) is 0 Å². The molecule has 28 heavy (non-hydrogen) atoms. The first-order valence-electron chi connectivity index (χ1n) is 9.65. The molecule has 0 N–H and O–H groups in total. The van der Waals surface area contributed by atoms with E-state index in [2.05, 4.69) is 6.07 Å². The maximum atomic E-state index is 12.5. The molecule has 0 aromatic heterocycles. The molecule has 1 heterocycles. The van der Waals surface area contributed by atoms with Crippen molar-refractivity contribution >= 4 is 6.09 Å². The van der Waals surface area contributed by atoms with Gasteiger partial charge in [0.2, 0.25) is 0 Å². The molecule has 2 aromatic rings. The van der Waals surface area contributed by atoms with E-state index in [1.165, 1.54) is 0 Å². The first-order chi connectivity index (χ1) is 13.4. The number of nitriles is 1. The number of hydrogen-bond donors (Lipinski definition) is 0. The van der Waals surface area contributed by atoms with Crippen LogP contribution in [-0.4, -0.2) is 30.2 Å². The van der Waals surface area contributed by atoms with Crippen LogP contribution in [0.5, 0.6) is 11.5 Å². The van der Waals surface area contributed by atoms with Gasteiger partial charge in [-0.3, -0.25) is 0 Å². The smallest absolute Gasteiger partial charge is 0.415 e. The van der Waals surface area contributed by atoms with Gasteiger partial charge in [0.1, 0.15) is 11.5 Å². The summed E-state index contributed by atoms with van der Waals surface area (Å²) >= 11 is 0. The number of likely N-dealkylation sites (tertiary alicyclic amines) is 1. The lowest BCUT2D eigenvalue weighted by molar-refractivity contribution is 0.108. The molecule has 0 saturated carbocycles. The first-order valence-corrected chi connectivity index (χ1v) is 9.65. The predicted octanol–water partition coefficient (Wildman–Crippen LogP) is 4.78. The molecule has 3 rings (SSSR count). The highest BCUT2D eigenvalue weighted by atomic mass is 16.6. The van der Waals surface area contributed by atoms with E-state index < -0.39 is 5.41 Å². The number of carbonyl (C=O) groups excluding carboxylic acids is 1. The third-order valence-electron chi connectivity index (χ3n) is 5.24. The second-order valence-electron chi connectivity index (χ2n) is 7.56. The zero-order valence-electron chi connectivity index (χ0n) is 16.6. The number of rotatable bonds is 4. The summed E-state index contributed by atoms with van der Waals surface area (Å²) in [5, 5.41) is 10.1. The third kappa shape index (κ3) is 4.12. The Labute approximate surface area is 166 Å². The molecular weight excluding hydrogens is 352 g/mol. The van der Waals surface area contributed by atoms with Crippen molar-refractivity contribution in [1.82, 2.24) is 4.90 Å². The van der Waals surface area contributed by atoms with Gasteiger partial charge >= 0.3 is 6.09 Å². The van der Waals surface area contributed by atoms with Gasteiger partial charge in [-0.25, -0.2) is 4.79 Å². The molecular formula is C23H26N2O3. The summed E-state index contributed by atoms with van der Waals surface area (Å²) in [5.74, 6) is 1.25.